The first-order valence-corrected chi connectivity index (χ1v) is 9.30. The lowest BCUT2D eigenvalue weighted by atomic mass is 10.1. The SMILES string of the molecule is CCCCCC(O)S.CCCCCCCCCCS. The Bertz CT molecular complexity index is 133. The summed E-state index contributed by atoms with van der Waals surface area (Å²) in [5, 5.41) is 8.64. The first-order chi connectivity index (χ1) is 9.18. The number of aliphatic hydroxyl groups excluding tert-OH is 1. The molecule has 19 heavy (non-hydrogen) atoms. The van der Waals surface area contributed by atoms with E-state index in [0.717, 1.165) is 18.6 Å². The smallest absolute Gasteiger partial charge is 0.0964 e. The number of hydrogen-bond donors (Lipinski definition) is 3. The Morgan fingerprint density at radius 2 is 1.16 bits per heavy atom. The normalized spacial score (nSPS) is 11.8. The van der Waals surface area contributed by atoms with Gasteiger partial charge in [0.15, 0.2) is 0 Å². The molecular weight excluding hydrogens is 272 g/mol. The van der Waals surface area contributed by atoms with Crippen LogP contribution in [0.1, 0.15) is 90.9 Å². The zero-order valence-electron chi connectivity index (χ0n) is 13.1. The summed E-state index contributed by atoms with van der Waals surface area (Å²) in [5.41, 5.74) is -0.401. The summed E-state index contributed by atoms with van der Waals surface area (Å²) in [7, 11) is 0. The van der Waals surface area contributed by atoms with E-state index in [-0.39, 0.29) is 0 Å². The highest BCUT2D eigenvalue weighted by molar-refractivity contribution is 7.80. The van der Waals surface area contributed by atoms with E-state index in [1.807, 2.05) is 0 Å². The number of thiol groups is 2. The molecule has 0 heterocycles. The van der Waals surface area contributed by atoms with Crippen LogP contribution in [0, 0.1) is 0 Å². The van der Waals surface area contributed by atoms with Crippen LogP contribution in [-0.2, 0) is 0 Å². The van der Waals surface area contributed by atoms with E-state index in [1.54, 1.807) is 0 Å². The monoisotopic (exact) mass is 308 g/mol. The third-order valence-electron chi connectivity index (χ3n) is 3.08. The summed E-state index contributed by atoms with van der Waals surface area (Å²) in [5.74, 6) is 1.06. The molecule has 1 unspecified atom stereocenters. The summed E-state index contributed by atoms with van der Waals surface area (Å²) in [6.45, 7) is 4.41. The van der Waals surface area contributed by atoms with Gasteiger partial charge in [-0.25, -0.2) is 0 Å². The molecule has 0 spiro atoms. The number of hydrogen-bond acceptors (Lipinski definition) is 3. The quantitative estimate of drug-likeness (QED) is 0.234. The van der Waals surface area contributed by atoms with Gasteiger partial charge < -0.3 is 5.11 Å². The van der Waals surface area contributed by atoms with Gasteiger partial charge in [-0.15, -0.1) is 12.6 Å². The van der Waals surface area contributed by atoms with E-state index in [0.29, 0.717) is 0 Å². The average molecular weight is 309 g/mol. The average Bonchev–Trinajstić information content (AvgIpc) is 2.39. The number of aliphatic hydroxyl groups is 1. The Balaban J connectivity index is 0. The van der Waals surface area contributed by atoms with Gasteiger partial charge in [0.2, 0.25) is 0 Å². The molecule has 0 aliphatic heterocycles. The van der Waals surface area contributed by atoms with Crippen molar-refractivity contribution >= 4 is 25.3 Å². The minimum absolute atomic E-state index is 0.401. The van der Waals surface area contributed by atoms with Crippen LogP contribution in [0.4, 0.5) is 0 Å². The molecule has 3 heteroatoms. The van der Waals surface area contributed by atoms with Gasteiger partial charge in [0.25, 0.3) is 0 Å². The molecule has 0 saturated heterocycles. The fourth-order valence-electron chi connectivity index (χ4n) is 1.82. The van der Waals surface area contributed by atoms with E-state index in [1.165, 1.54) is 64.2 Å². The lowest BCUT2D eigenvalue weighted by Crippen LogP contribution is -1.93. The predicted octanol–water partition coefficient (Wildman–Crippen LogP) is 5.87. The minimum Gasteiger partial charge on any atom is -0.383 e. The molecule has 0 saturated carbocycles. The molecule has 0 radical (unpaired) electrons. The third kappa shape index (κ3) is 27.8. The molecule has 1 atom stereocenters. The van der Waals surface area contributed by atoms with Gasteiger partial charge in [-0.05, 0) is 18.6 Å². The summed E-state index contributed by atoms with van der Waals surface area (Å²) in [4.78, 5) is 0. The number of unbranched alkanes of at least 4 members (excludes halogenated alkanes) is 9. The van der Waals surface area contributed by atoms with Crippen LogP contribution < -0.4 is 0 Å². The molecular formula is C16H36OS2. The summed E-state index contributed by atoms with van der Waals surface area (Å²) in [6, 6.07) is 0. The summed E-state index contributed by atoms with van der Waals surface area (Å²) < 4.78 is 0. The predicted molar refractivity (Wildman–Crippen MR) is 95.6 cm³/mol. The Morgan fingerprint density at radius 3 is 1.58 bits per heavy atom. The molecule has 0 bridgehead atoms. The molecule has 1 nitrogen and oxygen atoms in total. The van der Waals surface area contributed by atoms with Crippen LogP contribution in [0.15, 0.2) is 0 Å². The van der Waals surface area contributed by atoms with Gasteiger partial charge in [0.05, 0.1) is 5.44 Å². The lowest BCUT2D eigenvalue weighted by molar-refractivity contribution is 0.250. The summed E-state index contributed by atoms with van der Waals surface area (Å²) >= 11 is 8.01. The van der Waals surface area contributed by atoms with Crippen molar-refractivity contribution in [2.24, 2.45) is 0 Å². The van der Waals surface area contributed by atoms with Crippen molar-refractivity contribution < 1.29 is 5.11 Å². The Hall–Kier alpha value is 0.660. The maximum Gasteiger partial charge on any atom is 0.0964 e. The van der Waals surface area contributed by atoms with Gasteiger partial charge in [-0.2, -0.15) is 12.6 Å². The highest BCUT2D eigenvalue weighted by atomic mass is 32.1. The van der Waals surface area contributed by atoms with Crippen molar-refractivity contribution in [1.29, 1.82) is 0 Å². The second-order valence-electron chi connectivity index (χ2n) is 5.17. The van der Waals surface area contributed by atoms with E-state index >= 15 is 0 Å². The molecule has 0 amide bonds. The third-order valence-corrected chi connectivity index (χ3v) is 3.65. The van der Waals surface area contributed by atoms with Crippen molar-refractivity contribution in [2.45, 2.75) is 96.3 Å². The van der Waals surface area contributed by atoms with Crippen LogP contribution in [-0.4, -0.2) is 16.3 Å². The Labute approximate surface area is 132 Å². The van der Waals surface area contributed by atoms with Crippen molar-refractivity contribution in [2.75, 3.05) is 5.75 Å². The van der Waals surface area contributed by atoms with Crippen molar-refractivity contribution in [3.05, 3.63) is 0 Å². The molecule has 0 fully saturated rings. The molecule has 0 aliphatic rings. The van der Waals surface area contributed by atoms with Crippen LogP contribution in [0.5, 0.6) is 0 Å². The maximum atomic E-state index is 8.64. The largest absolute Gasteiger partial charge is 0.383 e. The molecule has 0 aromatic carbocycles. The fourth-order valence-corrected chi connectivity index (χ4v) is 2.23. The van der Waals surface area contributed by atoms with Gasteiger partial charge in [0.1, 0.15) is 0 Å². The fraction of sp³-hybridized carbons (Fsp3) is 1.00. The van der Waals surface area contributed by atoms with Crippen molar-refractivity contribution in [3.8, 4) is 0 Å². The van der Waals surface area contributed by atoms with Crippen molar-refractivity contribution in [3.63, 3.8) is 0 Å². The molecule has 118 valence electrons. The maximum absolute atomic E-state index is 8.64. The minimum atomic E-state index is -0.401. The molecule has 0 aliphatic carbocycles. The zero-order valence-corrected chi connectivity index (χ0v) is 14.9. The second-order valence-corrected chi connectivity index (χ2v) is 6.22. The molecule has 0 aromatic heterocycles. The van der Waals surface area contributed by atoms with E-state index in [2.05, 4.69) is 39.1 Å². The van der Waals surface area contributed by atoms with Crippen LogP contribution in [0.3, 0.4) is 0 Å². The van der Waals surface area contributed by atoms with Crippen LogP contribution in [0.25, 0.3) is 0 Å². The lowest BCUT2D eigenvalue weighted by Gasteiger charge is -1.99. The number of rotatable bonds is 12. The molecule has 0 aromatic rings. The van der Waals surface area contributed by atoms with E-state index < -0.39 is 5.44 Å². The van der Waals surface area contributed by atoms with Gasteiger partial charge in [-0.3, -0.25) is 0 Å². The Kier molecular flexibility index (Phi) is 24.2. The Morgan fingerprint density at radius 1 is 0.737 bits per heavy atom. The highest BCUT2D eigenvalue weighted by Crippen LogP contribution is 2.08. The molecule has 0 rings (SSSR count). The van der Waals surface area contributed by atoms with Crippen molar-refractivity contribution in [1.82, 2.24) is 0 Å². The second kappa shape index (κ2) is 21.0. The first kappa shape index (κ1) is 21.9. The molecule has 1 N–H and O–H groups in total. The van der Waals surface area contributed by atoms with Gasteiger partial charge in [-0.1, -0.05) is 78.1 Å². The van der Waals surface area contributed by atoms with Gasteiger partial charge in [0, 0.05) is 0 Å². The summed E-state index contributed by atoms with van der Waals surface area (Å²) in [6.07, 6.45) is 15.6. The van der Waals surface area contributed by atoms with Crippen LogP contribution >= 0.6 is 25.3 Å². The van der Waals surface area contributed by atoms with E-state index in [4.69, 9.17) is 5.11 Å². The first-order valence-electron chi connectivity index (χ1n) is 8.16. The van der Waals surface area contributed by atoms with E-state index in [9.17, 15) is 0 Å². The topological polar surface area (TPSA) is 20.2 Å². The van der Waals surface area contributed by atoms with Gasteiger partial charge >= 0.3 is 0 Å². The standard InChI is InChI=1S/C10H22S.C6H14OS/c1-2-3-4-5-6-7-8-9-10-11;1-2-3-4-5-6(7)8/h11H,2-10H2,1H3;6-8H,2-5H2,1H3. The highest BCUT2D eigenvalue weighted by Gasteiger charge is 1.93. The van der Waals surface area contributed by atoms with Crippen LogP contribution in [0.2, 0.25) is 0 Å². The zero-order chi connectivity index (χ0) is 14.8.